The summed E-state index contributed by atoms with van der Waals surface area (Å²) in [5.41, 5.74) is 3.43. The van der Waals surface area contributed by atoms with Gasteiger partial charge in [-0.05, 0) is 62.2 Å². The minimum atomic E-state index is -3.37. The highest BCUT2D eigenvalue weighted by Crippen LogP contribution is 2.18. The molecule has 0 radical (unpaired) electrons. The van der Waals surface area contributed by atoms with Gasteiger partial charge >= 0.3 is 0 Å². The molecule has 7 nitrogen and oxygen atoms in total. The van der Waals surface area contributed by atoms with Crippen LogP contribution in [0.2, 0.25) is 0 Å². The molecule has 0 aliphatic carbocycles. The summed E-state index contributed by atoms with van der Waals surface area (Å²) in [5.74, 6) is -0.191. The van der Waals surface area contributed by atoms with Gasteiger partial charge in [0.25, 0.3) is 5.91 Å². The summed E-state index contributed by atoms with van der Waals surface area (Å²) in [7, 11) is -3.37. The molecule has 31 heavy (non-hydrogen) atoms. The van der Waals surface area contributed by atoms with E-state index in [0.29, 0.717) is 17.8 Å². The Kier molecular flexibility index (Phi) is 7.92. The Morgan fingerprint density at radius 2 is 1.74 bits per heavy atom. The number of aryl methyl sites for hydroxylation is 1. The van der Waals surface area contributed by atoms with Gasteiger partial charge in [-0.3, -0.25) is 14.4 Å². The maximum atomic E-state index is 12.3. The van der Waals surface area contributed by atoms with E-state index in [4.69, 9.17) is 0 Å². The molecule has 0 bridgehead atoms. The van der Waals surface area contributed by atoms with E-state index < -0.39 is 10.0 Å². The molecule has 0 atom stereocenters. The lowest BCUT2D eigenvalue weighted by Gasteiger charge is -2.36. The van der Waals surface area contributed by atoms with Gasteiger partial charge in [0.05, 0.1) is 6.26 Å². The van der Waals surface area contributed by atoms with Crippen LogP contribution in [0.5, 0.6) is 0 Å². The molecule has 168 valence electrons. The lowest BCUT2D eigenvalue weighted by atomic mass is 10.2. The Hall–Kier alpha value is -2.58. The highest BCUT2D eigenvalue weighted by Gasteiger charge is 2.16. The zero-order chi connectivity index (χ0) is 22.3. The minimum absolute atomic E-state index is 0.191. The van der Waals surface area contributed by atoms with E-state index >= 15 is 0 Å². The SMILES string of the molecule is Cc1cccc(N2CCN(CCCCNC(=O)c3cccc(NS(C)(=O)=O)c3)CC2)c1. The predicted molar refractivity (Wildman–Crippen MR) is 126 cm³/mol. The zero-order valence-corrected chi connectivity index (χ0v) is 19.1. The minimum Gasteiger partial charge on any atom is -0.369 e. The third-order valence-corrected chi connectivity index (χ3v) is 5.96. The van der Waals surface area contributed by atoms with E-state index in [1.807, 2.05) is 0 Å². The first-order valence-corrected chi connectivity index (χ1v) is 12.6. The molecular formula is C23H32N4O3S. The van der Waals surface area contributed by atoms with Crippen molar-refractivity contribution in [3.05, 3.63) is 59.7 Å². The average Bonchev–Trinajstić information content (AvgIpc) is 2.73. The number of amides is 1. The van der Waals surface area contributed by atoms with Crippen LogP contribution in [0.4, 0.5) is 11.4 Å². The van der Waals surface area contributed by atoms with Crippen LogP contribution in [0, 0.1) is 6.92 Å². The lowest BCUT2D eigenvalue weighted by Crippen LogP contribution is -2.46. The fourth-order valence-corrected chi connectivity index (χ4v) is 4.31. The highest BCUT2D eigenvalue weighted by molar-refractivity contribution is 7.92. The standard InChI is InChI=1S/C23H32N4O3S/c1-19-7-5-10-22(17-19)27-15-13-26(14-16-27)12-4-3-11-24-23(28)20-8-6-9-21(18-20)25-31(2,29)30/h5-10,17-18,25H,3-4,11-16H2,1-2H3,(H,24,28). The van der Waals surface area contributed by atoms with Gasteiger partial charge in [-0.25, -0.2) is 8.42 Å². The first-order valence-electron chi connectivity index (χ1n) is 10.7. The lowest BCUT2D eigenvalue weighted by molar-refractivity contribution is 0.0952. The Morgan fingerprint density at radius 3 is 2.45 bits per heavy atom. The summed E-state index contributed by atoms with van der Waals surface area (Å²) in [5, 5.41) is 2.92. The van der Waals surface area contributed by atoms with Crippen molar-refractivity contribution in [1.82, 2.24) is 10.2 Å². The second kappa shape index (κ2) is 10.6. The van der Waals surface area contributed by atoms with Crippen LogP contribution in [0.1, 0.15) is 28.8 Å². The Balaban J connectivity index is 1.34. The molecule has 1 aliphatic heterocycles. The van der Waals surface area contributed by atoms with Gasteiger partial charge < -0.3 is 10.2 Å². The molecule has 0 unspecified atom stereocenters. The number of benzene rings is 2. The van der Waals surface area contributed by atoms with Crippen LogP contribution in [-0.2, 0) is 10.0 Å². The number of piperazine rings is 1. The van der Waals surface area contributed by atoms with Crippen molar-refractivity contribution in [1.29, 1.82) is 0 Å². The van der Waals surface area contributed by atoms with Crippen LogP contribution in [0.15, 0.2) is 48.5 Å². The number of anilines is 2. The Labute approximate surface area is 185 Å². The van der Waals surface area contributed by atoms with E-state index in [1.54, 1.807) is 24.3 Å². The van der Waals surface area contributed by atoms with Crippen molar-refractivity contribution in [3.63, 3.8) is 0 Å². The number of unbranched alkanes of at least 4 members (excludes halogenated alkanes) is 1. The van der Waals surface area contributed by atoms with Gasteiger partial charge in [-0.1, -0.05) is 18.2 Å². The molecule has 2 aromatic carbocycles. The monoisotopic (exact) mass is 444 g/mol. The number of nitrogens with zero attached hydrogens (tertiary/aromatic N) is 2. The van der Waals surface area contributed by atoms with Crippen molar-refractivity contribution in [2.75, 3.05) is 55.1 Å². The first kappa shape index (κ1) is 23.1. The van der Waals surface area contributed by atoms with Gasteiger partial charge in [0, 0.05) is 49.7 Å². The van der Waals surface area contributed by atoms with E-state index in [2.05, 4.69) is 51.0 Å². The van der Waals surface area contributed by atoms with Crippen LogP contribution in [-0.4, -0.2) is 64.7 Å². The zero-order valence-electron chi connectivity index (χ0n) is 18.3. The van der Waals surface area contributed by atoms with Crippen LogP contribution in [0.3, 0.4) is 0 Å². The molecular weight excluding hydrogens is 412 g/mol. The molecule has 2 N–H and O–H groups in total. The summed E-state index contributed by atoms with van der Waals surface area (Å²) in [6, 6.07) is 15.2. The van der Waals surface area contributed by atoms with Gasteiger partial charge in [-0.2, -0.15) is 0 Å². The third-order valence-electron chi connectivity index (χ3n) is 5.35. The molecule has 1 fully saturated rings. The molecule has 3 rings (SSSR count). The predicted octanol–water partition coefficient (Wildman–Crippen LogP) is 2.70. The number of sulfonamides is 1. The van der Waals surface area contributed by atoms with E-state index in [9.17, 15) is 13.2 Å². The molecule has 0 saturated carbocycles. The third kappa shape index (κ3) is 7.56. The van der Waals surface area contributed by atoms with Crippen molar-refractivity contribution in [2.45, 2.75) is 19.8 Å². The van der Waals surface area contributed by atoms with Gasteiger partial charge in [0.2, 0.25) is 10.0 Å². The first-order chi connectivity index (χ1) is 14.8. The highest BCUT2D eigenvalue weighted by atomic mass is 32.2. The summed E-state index contributed by atoms with van der Waals surface area (Å²) in [4.78, 5) is 17.2. The van der Waals surface area contributed by atoms with Crippen LogP contribution < -0.4 is 14.9 Å². The molecule has 0 aromatic heterocycles. The van der Waals surface area contributed by atoms with Crippen molar-refractivity contribution in [3.8, 4) is 0 Å². The molecule has 1 saturated heterocycles. The largest absolute Gasteiger partial charge is 0.369 e. The van der Waals surface area contributed by atoms with Crippen molar-refractivity contribution >= 4 is 27.3 Å². The van der Waals surface area contributed by atoms with E-state index in [0.717, 1.165) is 51.8 Å². The van der Waals surface area contributed by atoms with Crippen LogP contribution in [0.25, 0.3) is 0 Å². The maximum Gasteiger partial charge on any atom is 0.251 e. The summed E-state index contributed by atoms with van der Waals surface area (Å²) in [6.45, 7) is 7.95. The van der Waals surface area contributed by atoms with Gasteiger partial charge in [-0.15, -0.1) is 0 Å². The molecule has 1 heterocycles. The summed E-state index contributed by atoms with van der Waals surface area (Å²) in [6.07, 6.45) is 3.02. The Morgan fingerprint density at radius 1 is 1.00 bits per heavy atom. The number of rotatable bonds is 9. The second-order valence-corrected chi connectivity index (χ2v) is 9.83. The molecule has 1 aliphatic rings. The smallest absolute Gasteiger partial charge is 0.251 e. The molecule has 0 spiro atoms. The second-order valence-electron chi connectivity index (χ2n) is 8.09. The fraction of sp³-hybridized carbons (Fsp3) is 0.435. The number of carbonyl (C=O) groups is 1. The Bertz CT molecular complexity index is 986. The van der Waals surface area contributed by atoms with Crippen molar-refractivity contribution < 1.29 is 13.2 Å². The molecule has 8 heteroatoms. The number of hydrogen-bond donors (Lipinski definition) is 2. The van der Waals surface area contributed by atoms with Gasteiger partial charge in [0.1, 0.15) is 0 Å². The maximum absolute atomic E-state index is 12.3. The quantitative estimate of drug-likeness (QED) is 0.581. The van der Waals surface area contributed by atoms with E-state index in [-0.39, 0.29) is 5.91 Å². The van der Waals surface area contributed by atoms with Crippen molar-refractivity contribution in [2.24, 2.45) is 0 Å². The van der Waals surface area contributed by atoms with E-state index in [1.165, 1.54) is 11.3 Å². The topological polar surface area (TPSA) is 81.8 Å². The van der Waals surface area contributed by atoms with Crippen LogP contribution >= 0.6 is 0 Å². The summed E-state index contributed by atoms with van der Waals surface area (Å²) >= 11 is 0. The molecule has 2 aromatic rings. The number of carbonyl (C=O) groups excluding carboxylic acids is 1. The fourth-order valence-electron chi connectivity index (χ4n) is 3.76. The molecule has 1 amide bonds. The van der Waals surface area contributed by atoms with Gasteiger partial charge in [0.15, 0.2) is 0 Å². The normalized spacial score (nSPS) is 15.0. The summed E-state index contributed by atoms with van der Waals surface area (Å²) < 4.78 is 25.1. The number of hydrogen-bond acceptors (Lipinski definition) is 5. The number of nitrogens with one attached hydrogen (secondary N) is 2. The average molecular weight is 445 g/mol.